The molecule has 0 unspecified atom stereocenters. The van der Waals surface area contributed by atoms with Crippen LogP contribution in [0, 0.1) is 5.82 Å². The Kier molecular flexibility index (Phi) is 3.94. The number of rotatable bonds is 4. The van der Waals surface area contributed by atoms with E-state index in [1.165, 1.54) is 18.5 Å². The summed E-state index contributed by atoms with van der Waals surface area (Å²) in [6.45, 7) is 2.07. The Morgan fingerprint density at radius 3 is 2.79 bits per heavy atom. The highest BCUT2D eigenvalue weighted by molar-refractivity contribution is 5.65. The Morgan fingerprint density at radius 1 is 1.32 bits per heavy atom. The number of hydrogen-bond acceptors (Lipinski definition) is 4. The zero-order chi connectivity index (χ0) is 13.8. The molecular weight excluding hydrogens is 243 g/mol. The van der Waals surface area contributed by atoms with Crippen LogP contribution < -0.4 is 10.6 Å². The van der Waals surface area contributed by atoms with E-state index in [4.69, 9.17) is 5.73 Å². The fourth-order valence-electron chi connectivity index (χ4n) is 2.00. The summed E-state index contributed by atoms with van der Waals surface area (Å²) in [7, 11) is 1.84. The van der Waals surface area contributed by atoms with Gasteiger partial charge in [0.1, 0.15) is 23.8 Å². The van der Waals surface area contributed by atoms with Crippen molar-refractivity contribution < 1.29 is 4.39 Å². The van der Waals surface area contributed by atoms with E-state index in [2.05, 4.69) is 16.9 Å². The van der Waals surface area contributed by atoms with E-state index in [1.807, 2.05) is 18.0 Å². The van der Waals surface area contributed by atoms with Crippen LogP contribution >= 0.6 is 0 Å². The van der Waals surface area contributed by atoms with Gasteiger partial charge < -0.3 is 10.6 Å². The van der Waals surface area contributed by atoms with Crippen LogP contribution in [0.25, 0.3) is 0 Å². The molecule has 0 aliphatic heterocycles. The van der Waals surface area contributed by atoms with Crippen molar-refractivity contribution in [2.45, 2.75) is 19.8 Å². The molecule has 0 amide bonds. The second kappa shape index (κ2) is 5.65. The van der Waals surface area contributed by atoms with Gasteiger partial charge in [-0.3, -0.25) is 0 Å². The molecule has 1 heterocycles. The highest BCUT2D eigenvalue weighted by Crippen LogP contribution is 2.28. The third-order valence-corrected chi connectivity index (χ3v) is 2.97. The average Bonchev–Trinajstić information content (AvgIpc) is 2.40. The van der Waals surface area contributed by atoms with Gasteiger partial charge in [0, 0.05) is 18.3 Å². The minimum atomic E-state index is -0.275. The van der Waals surface area contributed by atoms with Crippen molar-refractivity contribution in [3.8, 4) is 0 Å². The van der Waals surface area contributed by atoms with Gasteiger partial charge in [-0.05, 0) is 24.6 Å². The summed E-state index contributed by atoms with van der Waals surface area (Å²) in [4.78, 5) is 10.1. The highest BCUT2D eigenvalue weighted by atomic mass is 19.1. The quantitative estimate of drug-likeness (QED) is 0.918. The molecule has 0 aliphatic carbocycles. The number of nitrogens with zero attached hydrogens (tertiary/aromatic N) is 3. The van der Waals surface area contributed by atoms with E-state index in [1.54, 1.807) is 6.07 Å². The van der Waals surface area contributed by atoms with Crippen LogP contribution in [-0.2, 0) is 6.42 Å². The summed E-state index contributed by atoms with van der Waals surface area (Å²) in [5, 5.41) is 0. The van der Waals surface area contributed by atoms with Crippen LogP contribution in [0.15, 0.2) is 30.6 Å². The molecule has 0 bridgehead atoms. The minimum absolute atomic E-state index is 0.275. The summed E-state index contributed by atoms with van der Waals surface area (Å²) in [5.74, 6) is 0.929. The summed E-state index contributed by atoms with van der Waals surface area (Å²) in [6.07, 6.45) is 3.17. The predicted molar refractivity (Wildman–Crippen MR) is 74.9 cm³/mol. The third kappa shape index (κ3) is 2.81. The Balaban J connectivity index is 2.43. The molecule has 1 aromatic heterocycles. The second-order valence-electron chi connectivity index (χ2n) is 4.35. The van der Waals surface area contributed by atoms with Gasteiger partial charge in [-0.25, -0.2) is 14.4 Å². The van der Waals surface area contributed by atoms with Gasteiger partial charge in [0.25, 0.3) is 0 Å². The molecule has 0 spiro atoms. The minimum Gasteiger partial charge on any atom is -0.383 e. The molecule has 4 nitrogen and oxygen atoms in total. The fourth-order valence-corrected chi connectivity index (χ4v) is 2.00. The summed E-state index contributed by atoms with van der Waals surface area (Å²) < 4.78 is 13.3. The molecular formula is C14H17FN4. The van der Waals surface area contributed by atoms with E-state index >= 15 is 0 Å². The number of benzene rings is 1. The van der Waals surface area contributed by atoms with Crippen LogP contribution in [0.4, 0.5) is 21.7 Å². The smallest absolute Gasteiger partial charge is 0.141 e. The number of hydrogen-bond donors (Lipinski definition) is 1. The number of aromatic nitrogens is 2. The van der Waals surface area contributed by atoms with Crippen molar-refractivity contribution in [1.82, 2.24) is 9.97 Å². The topological polar surface area (TPSA) is 55.0 Å². The van der Waals surface area contributed by atoms with Crippen LogP contribution in [-0.4, -0.2) is 17.0 Å². The van der Waals surface area contributed by atoms with Crippen molar-refractivity contribution in [2.75, 3.05) is 17.7 Å². The second-order valence-corrected chi connectivity index (χ2v) is 4.35. The van der Waals surface area contributed by atoms with Crippen molar-refractivity contribution in [1.29, 1.82) is 0 Å². The zero-order valence-electron chi connectivity index (χ0n) is 11.1. The van der Waals surface area contributed by atoms with Gasteiger partial charge in [-0.1, -0.05) is 19.4 Å². The fraction of sp³-hybridized carbons (Fsp3) is 0.286. The third-order valence-electron chi connectivity index (χ3n) is 2.97. The summed E-state index contributed by atoms with van der Waals surface area (Å²) in [5.41, 5.74) is 7.53. The van der Waals surface area contributed by atoms with Crippen molar-refractivity contribution in [2.24, 2.45) is 0 Å². The molecule has 0 radical (unpaired) electrons. The number of halogens is 1. The first kappa shape index (κ1) is 13.3. The maximum absolute atomic E-state index is 13.3. The standard InChI is InChI=1S/C14H17FN4/c1-3-5-12-13(16)17-9-18-14(12)19(2)11-7-4-6-10(15)8-11/h4,6-9H,3,5H2,1-2H3,(H2,16,17,18). The lowest BCUT2D eigenvalue weighted by Gasteiger charge is -2.21. The molecule has 1 aromatic carbocycles. The lowest BCUT2D eigenvalue weighted by atomic mass is 10.1. The molecule has 2 N–H and O–H groups in total. The van der Waals surface area contributed by atoms with Gasteiger partial charge >= 0.3 is 0 Å². The van der Waals surface area contributed by atoms with Gasteiger partial charge in [-0.15, -0.1) is 0 Å². The Labute approximate surface area is 112 Å². The molecule has 5 heteroatoms. The number of anilines is 3. The predicted octanol–water partition coefficient (Wildman–Crippen LogP) is 2.92. The van der Waals surface area contributed by atoms with Crippen LogP contribution in [0.3, 0.4) is 0 Å². The first-order chi connectivity index (χ1) is 9.13. The Hall–Kier alpha value is -2.17. The normalized spacial score (nSPS) is 10.5. The molecule has 0 saturated carbocycles. The van der Waals surface area contributed by atoms with E-state index in [0.717, 1.165) is 29.9 Å². The molecule has 19 heavy (non-hydrogen) atoms. The van der Waals surface area contributed by atoms with Gasteiger partial charge in [-0.2, -0.15) is 0 Å². The Bertz CT molecular complexity index is 571. The number of nitrogens with two attached hydrogens (primary N) is 1. The maximum atomic E-state index is 13.3. The monoisotopic (exact) mass is 260 g/mol. The van der Waals surface area contributed by atoms with E-state index in [-0.39, 0.29) is 5.82 Å². The van der Waals surface area contributed by atoms with E-state index in [9.17, 15) is 4.39 Å². The van der Waals surface area contributed by atoms with Crippen molar-refractivity contribution in [3.05, 3.63) is 42.0 Å². The molecule has 0 saturated heterocycles. The van der Waals surface area contributed by atoms with Gasteiger partial charge in [0.2, 0.25) is 0 Å². The largest absolute Gasteiger partial charge is 0.383 e. The Morgan fingerprint density at radius 2 is 2.11 bits per heavy atom. The summed E-state index contributed by atoms with van der Waals surface area (Å²) in [6, 6.07) is 6.38. The lowest BCUT2D eigenvalue weighted by Crippen LogP contribution is -2.15. The lowest BCUT2D eigenvalue weighted by molar-refractivity contribution is 0.628. The van der Waals surface area contributed by atoms with Crippen LogP contribution in [0.2, 0.25) is 0 Å². The molecule has 0 aliphatic rings. The highest BCUT2D eigenvalue weighted by Gasteiger charge is 2.14. The zero-order valence-corrected chi connectivity index (χ0v) is 11.1. The molecule has 0 atom stereocenters. The van der Waals surface area contributed by atoms with Crippen LogP contribution in [0.5, 0.6) is 0 Å². The first-order valence-electron chi connectivity index (χ1n) is 6.22. The van der Waals surface area contributed by atoms with Crippen LogP contribution in [0.1, 0.15) is 18.9 Å². The molecule has 2 aromatic rings. The maximum Gasteiger partial charge on any atom is 0.141 e. The van der Waals surface area contributed by atoms with Gasteiger partial charge in [0.15, 0.2) is 0 Å². The molecule has 0 fully saturated rings. The van der Waals surface area contributed by atoms with E-state index < -0.39 is 0 Å². The van der Waals surface area contributed by atoms with Crippen molar-refractivity contribution in [3.63, 3.8) is 0 Å². The summed E-state index contributed by atoms with van der Waals surface area (Å²) >= 11 is 0. The average molecular weight is 260 g/mol. The first-order valence-corrected chi connectivity index (χ1v) is 6.22. The molecule has 100 valence electrons. The van der Waals surface area contributed by atoms with Crippen molar-refractivity contribution >= 4 is 17.3 Å². The SMILES string of the molecule is CCCc1c(N)ncnc1N(C)c1cccc(F)c1. The van der Waals surface area contributed by atoms with E-state index in [0.29, 0.717) is 5.82 Å². The number of nitrogen functional groups attached to an aromatic ring is 1. The molecule has 2 rings (SSSR count). The van der Waals surface area contributed by atoms with Gasteiger partial charge in [0.05, 0.1) is 0 Å².